The lowest BCUT2D eigenvalue weighted by atomic mass is 9.99. The molecule has 2 aliphatic rings. The molecule has 2 heterocycles. The SMILES string of the molecule is Nc1cccc2c1CCCN2C(=O)c1cc(N2CCNC2=O)ccc1F. The number of urea groups is 1. The summed E-state index contributed by atoms with van der Waals surface area (Å²) in [7, 11) is 0. The number of amides is 3. The lowest BCUT2D eigenvalue weighted by Gasteiger charge is -2.30. The Labute approximate surface area is 150 Å². The van der Waals surface area contributed by atoms with E-state index in [9.17, 15) is 14.0 Å². The number of carbonyl (C=O) groups excluding carboxylic acids is 2. The standard InChI is InChI=1S/C19H19FN4O2/c20-15-7-6-12(23-10-8-22-19(23)26)11-14(15)18(25)24-9-2-3-13-16(21)4-1-5-17(13)24/h1,4-7,11H,2-3,8-10,21H2,(H,22,26). The minimum atomic E-state index is -0.602. The van der Waals surface area contributed by atoms with Crippen molar-refractivity contribution in [2.75, 3.05) is 35.2 Å². The molecule has 0 radical (unpaired) electrons. The molecule has 3 N–H and O–H groups in total. The van der Waals surface area contributed by atoms with Crippen LogP contribution in [0.15, 0.2) is 36.4 Å². The average Bonchev–Trinajstić information content (AvgIpc) is 3.07. The Morgan fingerprint density at radius 1 is 1.19 bits per heavy atom. The first kappa shape index (κ1) is 16.4. The minimum Gasteiger partial charge on any atom is -0.398 e. The van der Waals surface area contributed by atoms with Crippen LogP contribution in [0.1, 0.15) is 22.3 Å². The molecule has 1 saturated heterocycles. The Morgan fingerprint density at radius 3 is 2.81 bits per heavy atom. The van der Waals surface area contributed by atoms with Crippen molar-refractivity contribution in [2.24, 2.45) is 0 Å². The molecule has 4 rings (SSSR count). The number of fused-ring (bicyclic) bond motifs is 1. The molecule has 26 heavy (non-hydrogen) atoms. The van der Waals surface area contributed by atoms with Crippen molar-refractivity contribution in [3.8, 4) is 0 Å². The summed E-state index contributed by atoms with van der Waals surface area (Å²) >= 11 is 0. The van der Waals surface area contributed by atoms with Crippen molar-refractivity contribution < 1.29 is 14.0 Å². The molecule has 1 fully saturated rings. The second-order valence-electron chi connectivity index (χ2n) is 6.45. The third kappa shape index (κ3) is 2.65. The number of anilines is 3. The second kappa shape index (κ2) is 6.33. The van der Waals surface area contributed by atoms with Gasteiger partial charge >= 0.3 is 6.03 Å². The van der Waals surface area contributed by atoms with Gasteiger partial charge in [-0.05, 0) is 48.7 Å². The fraction of sp³-hybridized carbons (Fsp3) is 0.263. The quantitative estimate of drug-likeness (QED) is 0.814. The molecule has 0 saturated carbocycles. The number of rotatable bonds is 2. The van der Waals surface area contributed by atoms with Gasteiger partial charge in [0.05, 0.1) is 5.56 Å². The van der Waals surface area contributed by atoms with E-state index in [0.29, 0.717) is 31.0 Å². The fourth-order valence-corrected chi connectivity index (χ4v) is 3.57. The van der Waals surface area contributed by atoms with Crippen molar-refractivity contribution in [1.82, 2.24) is 5.32 Å². The van der Waals surface area contributed by atoms with Crippen molar-refractivity contribution in [1.29, 1.82) is 0 Å². The summed E-state index contributed by atoms with van der Waals surface area (Å²) in [6.45, 7) is 1.52. The smallest absolute Gasteiger partial charge is 0.321 e. The highest BCUT2D eigenvalue weighted by Gasteiger charge is 2.28. The number of nitrogens with one attached hydrogen (secondary N) is 1. The van der Waals surface area contributed by atoms with E-state index in [1.165, 1.54) is 23.1 Å². The Balaban J connectivity index is 1.71. The van der Waals surface area contributed by atoms with Gasteiger partial charge in [-0.1, -0.05) is 6.07 Å². The predicted octanol–water partition coefficient (Wildman–Crippen LogP) is 2.53. The molecule has 0 aliphatic carbocycles. The van der Waals surface area contributed by atoms with Gasteiger partial charge in [0.1, 0.15) is 5.82 Å². The topological polar surface area (TPSA) is 78.7 Å². The molecular weight excluding hydrogens is 335 g/mol. The van der Waals surface area contributed by atoms with E-state index in [4.69, 9.17) is 5.73 Å². The van der Waals surface area contributed by atoms with E-state index < -0.39 is 11.7 Å². The van der Waals surface area contributed by atoms with Crippen molar-refractivity contribution in [2.45, 2.75) is 12.8 Å². The van der Waals surface area contributed by atoms with Crippen molar-refractivity contribution in [3.63, 3.8) is 0 Å². The van der Waals surface area contributed by atoms with Crippen LogP contribution < -0.4 is 20.9 Å². The van der Waals surface area contributed by atoms with Crippen LogP contribution in [0.5, 0.6) is 0 Å². The maximum Gasteiger partial charge on any atom is 0.321 e. The summed E-state index contributed by atoms with van der Waals surface area (Å²) in [6.07, 6.45) is 1.56. The lowest BCUT2D eigenvalue weighted by molar-refractivity contribution is 0.0981. The number of halogens is 1. The minimum absolute atomic E-state index is 0.0440. The number of benzene rings is 2. The van der Waals surface area contributed by atoms with Gasteiger partial charge < -0.3 is 16.0 Å². The maximum absolute atomic E-state index is 14.4. The Morgan fingerprint density at radius 2 is 2.04 bits per heavy atom. The zero-order chi connectivity index (χ0) is 18.3. The van der Waals surface area contributed by atoms with Crippen LogP contribution in [0.2, 0.25) is 0 Å². The van der Waals surface area contributed by atoms with E-state index in [1.807, 2.05) is 6.07 Å². The molecule has 0 spiro atoms. The number of nitrogens with two attached hydrogens (primary N) is 1. The summed E-state index contributed by atoms with van der Waals surface area (Å²) in [5.41, 5.74) is 8.78. The number of hydrogen-bond acceptors (Lipinski definition) is 3. The lowest BCUT2D eigenvalue weighted by Crippen LogP contribution is -2.36. The van der Waals surface area contributed by atoms with Gasteiger partial charge in [0.15, 0.2) is 0 Å². The van der Waals surface area contributed by atoms with Gasteiger partial charge in [-0.15, -0.1) is 0 Å². The third-order valence-corrected chi connectivity index (χ3v) is 4.88. The van der Waals surface area contributed by atoms with Gasteiger partial charge in [0.25, 0.3) is 5.91 Å². The van der Waals surface area contributed by atoms with Crippen molar-refractivity contribution in [3.05, 3.63) is 53.3 Å². The highest BCUT2D eigenvalue weighted by atomic mass is 19.1. The molecule has 0 atom stereocenters. The monoisotopic (exact) mass is 354 g/mol. The summed E-state index contributed by atoms with van der Waals surface area (Å²) in [5.74, 6) is -1.02. The van der Waals surface area contributed by atoms with Gasteiger partial charge in [-0.3, -0.25) is 9.69 Å². The highest BCUT2D eigenvalue weighted by molar-refractivity contribution is 6.08. The summed E-state index contributed by atoms with van der Waals surface area (Å²) in [4.78, 5) is 28.0. The Kier molecular flexibility index (Phi) is 3.99. The van der Waals surface area contributed by atoms with Gasteiger partial charge in [0, 0.05) is 36.7 Å². The normalized spacial score (nSPS) is 16.4. The Bertz CT molecular complexity index is 899. The number of hydrogen-bond donors (Lipinski definition) is 2. The van der Waals surface area contributed by atoms with Crippen LogP contribution in [0.4, 0.5) is 26.2 Å². The highest BCUT2D eigenvalue weighted by Crippen LogP contribution is 2.33. The van der Waals surface area contributed by atoms with Gasteiger partial charge in [-0.25, -0.2) is 9.18 Å². The molecule has 3 amide bonds. The van der Waals surface area contributed by atoms with Crippen LogP contribution in [0.3, 0.4) is 0 Å². The molecule has 2 aliphatic heterocycles. The van der Waals surface area contributed by atoms with E-state index in [2.05, 4.69) is 5.32 Å². The van der Waals surface area contributed by atoms with Crippen LogP contribution >= 0.6 is 0 Å². The molecule has 7 heteroatoms. The summed E-state index contributed by atoms with van der Waals surface area (Å²) in [5, 5.41) is 2.70. The largest absolute Gasteiger partial charge is 0.398 e. The van der Waals surface area contributed by atoms with E-state index in [1.54, 1.807) is 17.0 Å². The van der Waals surface area contributed by atoms with Gasteiger partial charge in [-0.2, -0.15) is 0 Å². The number of nitrogen functional groups attached to an aromatic ring is 1. The van der Waals surface area contributed by atoms with E-state index >= 15 is 0 Å². The molecular formula is C19H19FN4O2. The first-order valence-electron chi connectivity index (χ1n) is 8.60. The Hall–Kier alpha value is -3.09. The molecule has 0 bridgehead atoms. The first-order chi connectivity index (χ1) is 12.6. The molecule has 2 aromatic rings. The van der Waals surface area contributed by atoms with Gasteiger partial charge in [0.2, 0.25) is 0 Å². The number of nitrogens with zero attached hydrogens (tertiary/aromatic N) is 2. The zero-order valence-corrected chi connectivity index (χ0v) is 14.2. The molecule has 0 unspecified atom stereocenters. The second-order valence-corrected chi connectivity index (χ2v) is 6.45. The van der Waals surface area contributed by atoms with Crippen LogP contribution in [-0.4, -0.2) is 31.6 Å². The molecule has 0 aromatic heterocycles. The predicted molar refractivity (Wildman–Crippen MR) is 98.0 cm³/mol. The van der Waals surface area contributed by atoms with Crippen LogP contribution in [-0.2, 0) is 6.42 Å². The molecule has 2 aromatic carbocycles. The summed E-state index contributed by atoms with van der Waals surface area (Å²) in [6, 6.07) is 9.38. The summed E-state index contributed by atoms with van der Waals surface area (Å²) < 4.78 is 14.4. The zero-order valence-electron chi connectivity index (χ0n) is 14.2. The molecule has 134 valence electrons. The van der Waals surface area contributed by atoms with Crippen LogP contribution in [0.25, 0.3) is 0 Å². The van der Waals surface area contributed by atoms with E-state index in [-0.39, 0.29) is 11.6 Å². The average molecular weight is 354 g/mol. The van der Waals surface area contributed by atoms with Crippen molar-refractivity contribution >= 4 is 29.0 Å². The number of carbonyl (C=O) groups is 2. The molecule has 6 nitrogen and oxygen atoms in total. The third-order valence-electron chi connectivity index (χ3n) is 4.88. The van der Waals surface area contributed by atoms with Crippen LogP contribution in [0, 0.1) is 5.82 Å². The first-order valence-corrected chi connectivity index (χ1v) is 8.60. The van der Waals surface area contributed by atoms with E-state index in [0.717, 1.165) is 24.1 Å². The maximum atomic E-state index is 14.4. The fourth-order valence-electron chi connectivity index (χ4n) is 3.57.